The molecular formula is C47H46Cl8N8Na2+2. The van der Waals surface area contributed by atoms with E-state index in [9.17, 15) is 0 Å². The van der Waals surface area contributed by atoms with Gasteiger partial charge in [-0.3, -0.25) is 0 Å². The number of anilines is 4. The molecule has 2 aliphatic rings. The maximum atomic E-state index is 6.63. The standard InChI is InChI=1S/C47H46Cl8N8.2Na/c1-7-60-40-24-32(52)28(48)20-36(40)56(3)44(60)14-12-16-46-58(5)38-22-30(50)34(54)26-42(38)62(46)18-10-9-11-19-63-43-27-35(55)31(51)23-39(43)59(6)47(63)17-13-15-45-57(4)37-21-29(49)33(53)25-41(37)61(45)8-2;;/h12-17,20-27H,7-11,18-19H2,1-6H3;;/q+2;;. The number of imidazole rings is 2. The molecule has 0 amide bonds. The molecular weight excluding hydrogens is 1010 g/mol. The van der Waals surface area contributed by atoms with Gasteiger partial charge in [0.05, 0.1) is 90.1 Å². The van der Waals surface area contributed by atoms with Crippen LogP contribution in [0, 0.1) is 0 Å². The summed E-state index contributed by atoms with van der Waals surface area (Å²) in [5.74, 6) is 4.09. The molecule has 2 aliphatic heterocycles. The van der Waals surface area contributed by atoms with Crippen molar-refractivity contribution < 1.29 is 9.13 Å². The summed E-state index contributed by atoms with van der Waals surface area (Å²) >= 11 is 55.0. The number of halogens is 8. The van der Waals surface area contributed by atoms with Crippen molar-refractivity contribution >= 4 is 193 Å². The van der Waals surface area contributed by atoms with Crippen LogP contribution in [0.5, 0.6) is 0 Å². The topological polar surface area (TPSA) is 30.6 Å². The first-order valence-electron chi connectivity index (χ1n) is 21.7. The van der Waals surface area contributed by atoms with Gasteiger partial charge in [-0.25, -0.2) is 18.3 Å². The van der Waals surface area contributed by atoms with Gasteiger partial charge in [0, 0.05) is 63.6 Å². The number of nitrogens with zero attached hydrogens (tertiary/aromatic N) is 8. The molecule has 8 rings (SSSR count). The Morgan fingerprint density at radius 1 is 0.477 bits per heavy atom. The van der Waals surface area contributed by atoms with E-state index in [0.717, 1.165) is 114 Å². The first-order chi connectivity index (χ1) is 31.1. The zero-order valence-electron chi connectivity index (χ0n) is 37.6. The van der Waals surface area contributed by atoms with E-state index in [2.05, 4.69) is 102 Å². The minimum absolute atomic E-state index is 0.517. The van der Waals surface area contributed by atoms with Crippen LogP contribution in [-0.4, -0.2) is 79.9 Å². The normalized spacial score (nSPS) is 15.0. The SMILES string of the molecule is CCN1C(=CC=Cc2n(CCCCCn3c(C=CC=C4N(C)c5cc(Cl)c(Cl)cc5N4CC)[n+](C)c4cc(Cl)c(Cl)cc43)c3cc(Cl)c(Cl)cc3[n+]2C)N(C)c2cc(Cl)c(Cl)cc21.[Na][Na]. The van der Waals surface area contributed by atoms with E-state index >= 15 is 0 Å². The summed E-state index contributed by atoms with van der Waals surface area (Å²) in [5.41, 5.74) is 8.09. The summed E-state index contributed by atoms with van der Waals surface area (Å²) < 4.78 is 8.98. The van der Waals surface area contributed by atoms with Crippen molar-refractivity contribution in [3.8, 4) is 0 Å². The van der Waals surface area contributed by atoms with Gasteiger partial charge in [0.15, 0.2) is 22.1 Å². The molecule has 65 heavy (non-hydrogen) atoms. The van der Waals surface area contributed by atoms with Crippen molar-refractivity contribution in [2.45, 2.75) is 46.2 Å². The predicted octanol–water partition coefficient (Wildman–Crippen LogP) is 13.2. The fraction of sp³-hybridized carbons (Fsp3) is 0.277. The van der Waals surface area contributed by atoms with Crippen LogP contribution in [0.25, 0.3) is 34.2 Å². The molecule has 0 fully saturated rings. The summed E-state index contributed by atoms with van der Waals surface area (Å²) in [7, 11) is 8.20. The Kier molecular flexibility index (Phi) is 17.3. The number of hydrogen-bond acceptors (Lipinski definition) is 4. The molecule has 0 N–H and O–H groups in total. The molecule has 6 aromatic rings. The molecule has 4 heterocycles. The Balaban J connectivity index is 0.00000311. The van der Waals surface area contributed by atoms with E-state index in [-0.39, 0.29) is 0 Å². The molecule has 0 radical (unpaired) electrons. The third-order valence-electron chi connectivity index (χ3n) is 12.0. The molecule has 0 saturated heterocycles. The third kappa shape index (κ3) is 10.0. The summed E-state index contributed by atoms with van der Waals surface area (Å²) in [6.07, 6.45) is 15.5. The van der Waals surface area contributed by atoms with Crippen molar-refractivity contribution in [3.05, 3.63) is 136 Å². The summed E-state index contributed by atoms with van der Waals surface area (Å²) in [6.45, 7) is 7.33. The number of allylic oxidation sites excluding steroid dienone is 4. The number of rotatable bonds is 12. The van der Waals surface area contributed by atoms with Crippen LogP contribution in [0.15, 0.2) is 84.5 Å². The molecule has 0 saturated carbocycles. The monoisotopic (exact) mass is 1050 g/mol. The molecule has 18 heteroatoms. The van der Waals surface area contributed by atoms with Crippen molar-refractivity contribution in [1.82, 2.24) is 9.13 Å². The van der Waals surface area contributed by atoms with E-state index < -0.39 is 0 Å². The summed E-state index contributed by atoms with van der Waals surface area (Å²) in [5, 5.41) is 4.19. The Morgan fingerprint density at radius 3 is 1.15 bits per heavy atom. The van der Waals surface area contributed by atoms with E-state index in [1.807, 2.05) is 62.6 Å². The minimum atomic E-state index is 0.517. The van der Waals surface area contributed by atoms with Gasteiger partial charge >= 0.3 is 43.6 Å². The second kappa shape index (κ2) is 21.9. The van der Waals surface area contributed by atoms with Crippen LogP contribution in [-0.2, 0) is 27.2 Å². The number of fused-ring (bicyclic) bond motifs is 4. The van der Waals surface area contributed by atoms with E-state index in [1.165, 1.54) is 43.6 Å². The van der Waals surface area contributed by atoms with Gasteiger partial charge in [0.1, 0.15) is 11.6 Å². The number of aromatic nitrogens is 4. The average molecular weight is 1050 g/mol. The molecule has 8 nitrogen and oxygen atoms in total. The molecule has 0 spiro atoms. The number of unbranched alkanes of at least 4 members (excludes halogenated alkanes) is 2. The first-order valence-corrected chi connectivity index (χ1v) is 32.7. The number of benzene rings is 4. The fourth-order valence-electron chi connectivity index (χ4n) is 8.85. The van der Waals surface area contributed by atoms with Crippen LogP contribution >= 0.6 is 92.8 Å². The zero-order chi connectivity index (χ0) is 47.0. The molecule has 0 aliphatic carbocycles. The number of hydrogen-bond donors (Lipinski definition) is 0. The van der Waals surface area contributed by atoms with Gasteiger partial charge in [-0.05, 0) is 69.5 Å². The zero-order valence-corrected chi connectivity index (χ0v) is 47.7. The van der Waals surface area contributed by atoms with Gasteiger partial charge < -0.3 is 19.6 Å². The first kappa shape index (κ1) is 51.2. The van der Waals surface area contributed by atoms with Gasteiger partial charge in [-0.2, -0.15) is 0 Å². The third-order valence-corrected chi connectivity index (χ3v) is 14.9. The second-order valence-electron chi connectivity index (χ2n) is 15.6. The van der Waals surface area contributed by atoms with Crippen molar-refractivity contribution in [2.75, 3.05) is 46.8 Å². The van der Waals surface area contributed by atoms with Gasteiger partial charge in [0.25, 0.3) is 11.6 Å². The van der Waals surface area contributed by atoms with Gasteiger partial charge in [-0.15, -0.1) is 0 Å². The Hall–Kier alpha value is -1.70. The van der Waals surface area contributed by atoms with E-state index in [1.54, 1.807) is 0 Å². The van der Waals surface area contributed by atoms with Crippen molar-refractivity contribution in [3.63, 3.8) is 0 Å². The van der Waals surface area contributed by atoms with Crippen LogP contribution in [0.2, 0.25) is 40.2 Å². The summed E-state index contributed by atoms with van der Waals surface area (Å²) in [6, 6.07) is 15.5. The molecule has 2 aromatic heterocycles. The van der Waals surface area contributed by atoms with Crippen LogP contribution in [0.4, 0.5) is 22.7 Å². The molecule has 4 aromatic carbocycles. The van der Waals surface area contributed by atoms with E-state index in [4.69, 9.17) is 92.8 Å². The molecule has 0 atom stereocenters. The summed E-state index contributed by atoms with van der Waals surface area (Å²) in [4.78, 5) is 8.73. The van der Waals surface area contributed by atoms with Crippen LogP contribution < -0.4 is 28.7 Å². The number of aryl methyl sites for hydroxylation is 4. The van der Waals surface area contributed by atoms with E-state index in [0.29, 0.717) is 40.2 Å². The molecule has 0 bridgehead atoms. The van der Waals surface area contributed by atoms with Crippen molar-refractivity contribution in [2.24, 2.45) is 14.1 Å². The Morgan fingerprint density at radius 2 is 0.800 bits per heavy atom. The average Bonchev–Trinajstić information content (AvgIpc) is 3.88. The van der Waals surface area contributed by atoms with Crippen molar-refractivity contribution in [1.29, 1.82) is 0 Å². The van der Waals surface area contributed by atoms with Crippen LogP contribution in [0.3, 0.4) is 0 Å². The molecule has 330 valence electrons. The Labute approximate surface area is 449 Å². The predicted molar refractivity (Wildman–Crippen MR) is 282 cm³/mol. The van der Waals surface area contributed by atoms with Gasteiger partial charge in [-0.1, -0.05) is 105 Å². The Bertz CT molecular complexity index is 2740. The van der Waals surface area contributed by atoms with Gasteiger partial charge in [0.2, 0.25) is 0 Å². The quantitative estimate of drug-likeness (QED) is 0.0694. The van der Waals surface area contributed by atoms with Crippen LogP contribution in [0.1, 0.15) is 44.8 Å². The molecule has 0 unspecified atom stereocenters. The fourth-order valence-corrected chi connectivity index (χ4v) is 10.1. The second-order valence-corrected chi connectivity index (χ2v) is 18.9. The maximum absolute atomic E-state index is 6.63.